The Morgan fingerprint density at radius 1 is 1.33 bits per heavy atom. The summed E-state index contributed by atoms with van der Waals surface area (Å²) in [5, 5.41) is 1.86. The van der Waals surface area contributed by atoms with Crippen molar-refractivity contribution >= 4 is 27.5 Å². The molecule has 0 aliphatic heterocycles. The third kappa shape index (κ3) is 2.80. The summed E-state index contributed by atoms with van der Waals surface area (Å²) in [6, 6.07) is 8.08. The van der Waals surface area contributed by atoms with Crippen molar-refractivity contribution in [3.63, 3.8) is 0 Å². The van der Waals surface area contributed by atoms with Crippen LogP contribution in [-0.2, 0) is 0 Å². The maximum Gasteiger partial charge on any atom is 0.0406 e. The van der Waals surface area contributed by atoms with E-state index in [9.17, 15) is 0 Å². The van der Waals surface area contributed by atoms with E-state index < -0.39 is 0 Å². The third-order valence-electron chi connectivity index (χ3n) is 1.98. The quantitative estimate of drug-likeness (QED) is 0.701. The molecule has 0 heterocycles. The molecule has 1 rings (SSSR count). The normalized spacial score (nSPS) is 12.9. The van der Waals surface area contributed by atoms with Crippen LogP contribution in [0.1, 0.15) is 24.8 Å². The maximum atomic E-state index is 5.78. The fourth-order valence-electron chi connectivity index (χ4n) is 1.12. The average Bonchev–Trinajstić information content (AvgIpc) is 2.06. The summed E-state index contributed by atoms with van der Waals surface area (Å²) < 4.78 is 0. The summed E-state index contributed by atoms with van der Waals surface area (Å²) in [4.78, 5) is 0. The van der Waals surface area contributed by atoms with Crippen LogP contribution in [-0.4, -0.2) is 5.33 Å². The minimum absolute atomic E-state index is 0.613. The van der Waals surface area contributed by atoms with Crippen LogP contribution >= 0.6 is 27.5 Å². The number of hydrogen-bond acceptors (Lipinski definition) is 0. The minimum atomic E-state index is 0.613. The molecule has 0 spiro atoms. The van der Waals surface area contributed by atoms with Gasteiger partial charge < -0.3 is 0 Å². The highest BCUT2D eigenvalue weighted by molar-refractivity contribution is 9.09. The van der Waals surface area contributed by atoms with Crippen molar-refractivity contribution in [1.29, 1.82) is 0 Å². The van der Waals surface area contributed by atoms with Crippen LogP contribution in [0.4, 0.5) is 0 Å². The average molecular weight is 248 g/mol. The lowest BCUT2D eigenvalue weighted by Gasteiger charge is -2.09. The lowest BCUT2D eigenvalue weighted by atomic mass is 9.99. The zero-order valence-corrected chi connectivity index (χ0v) is 9.40. The Kier molecular flexibility index (Phi) is 4.10. The molecule has 0 aromatic heterocycles. The van der Waals surface area contributed by atoms with Gasteiger partial charge >= 0.3 is 0 Å². The molecule has 0 fully saturated rings. The van der Waals surface area contributed by atoms with E-state index in [1.54, 1.807) is 0 Å². The van der Waals surface area contributed by atoms with Gasteiger partial charge in [-0.3, -0.25) is 0 Å². The van der Waals surface area contributed by atoms with Crippen LogP contribution < -0.4 is 0 Å². The Balaban J connectivity index is 2.68. The lowest BCUT2D eigenvalue weighted by Crippen LogP contribution is -1.93. The van der Waals surface area contributed by atoms with Crippen molar-refractivity contribution in [2.24, 2.45) is 0 Å². The van der Waals surface area contributed by atoms with Crippen LogP contribution in [0.25, 0.3) is 0 Å². The van der Waals surface area contributed by atoms with Crippen LogP contribution in [0.5, 0.6) is 0 Å². The molecule has 0 radical (unpaired) electrons. The fourth-order valence-corrected chi connectivity index (χ4v) is 1.93. The standard InChI is InChI=1S/C10H12BrCl/c1-8(6-7-11)9-2-4-10(12)5-3-9/h2-5,8H,6-7H2,1H3/t8-/m1/s1. The van der Waals surface area contributed by atoms with E-state index in [1.807, 2.05) is 12.1 Å². The van der Waals surface area contributed by atoms with Gasteiger partial charge in [0.05, 0.1) is 0 Å². The molecule has 2 heteroatoms. The van der Waals surface area contributed by atoms with Gasteiger partial charge in [0.25, 0.3) is 0 Å². The number of rotatable bonds is 3. The Labute approximate surface area is 87.1 Å². The summed E-state index contributed by atoms with van der Waals surface area (Å²) in [5.41, 5.74) is 1.36. The number of halogens is 2. The van der Waals surface area contributed by atoms with Crippen molar-refractivity contribution in [2.45, 2.75) is 19.3 Å². The second-order valence-electron chi connectivity index (χ2n) is 2.93. The summed E-state index contributed by atoms with van der Waals surface area (Å²) >= 11 is 9.22. The summed E-state index contributed by atoms with van der Waals surface area (Å²) in [7, 11) is 0. The molecular formula is C10H12BrCl. The number of hydrogen-bond donors (Lipinski definition) is 0. The molecule has 0 N–H and O–H groups in total. The first-order chi connectivity index (χ1) is 5.74. The fraction of sp³-hybridized carbons (Fsp3) is 0.400. The Hall–Kier alpha value is -0.0100. The summed E-state index contributed by atoms with van der Waals surface area (Å²) in [6.07, 6.45) is 1.17. The van der Waals surface area contributed by atoms with E-state index in [-0.39, 0.29) is 0 Å². The minimum Gasteiger partial charge on any atom is -0.0928 e. The molecular weight excluding hydrogens is 235 g/mol. The molecule has 0 aliphatic rings. The van der Waals surface area contributed by atoms with Gasteiger partial charge in [-0.15, -0.1) is 0 Å². The monoisotopic (exact) mass is 246 g/mol. The first kappa shape index (κ1) is 10.1. The highest BCUT2D eigenvalue weighted by Gasteiger charge is 2.03. The van der Waals surface area contributed by atoms with Crippen molar-refractivity contribution in [3.05, 3.63) is 34.9 Å². The van der Waals surface area contributed by atoms with Crippen LogP contribution in [0.2, 0.25) is 5.02 Å². The van der Waals surface area contributed by atoms with E-state index >= 15 is 0 Å². The van der Waals surface area contributed by atoms with Crippen molar-refractivity contribution in [1.82, 2.24) is 0 Å². The van der Waals surface area contributed by atoms with Gasteiger partial charge in [-0.25, -0.2) is 0 Å². The Morgan fingerprint density at radius 2 is 1.92 bits per heavy atom. The largest absolute Gasteiger partial charge is 0.0928 e. The number of benzene rings is 1. The van der Waals surface area contributed by atoms with Crippen LogP contribution in [0.3, 0.4) is 0 Å². The van der Waals surface area contributed by atoms with E-state index in [2.05, 4.69) is 35.0 Å². The van der Waals surface area contributed by atoms with Gasteiger partial charge in [0.2, 0.25) is 0 Å². The van der Waals surface area contributed by atoms with Gasteiger partial charge in [0, 0.05) is 10.4 Å². The topological polar surface area (TPSA) is 0 Å². The molecule has 0 saturated heterocycles. The van der Waals surface area contributed by atoms with Crippen molar-refractivity contribution in [3.8, 4) is 0 Å². The predicted molar refractivity (Wildman–Crippen MR) is 58.3 cm³/mol. The van der Waals surface area contributed by atoms with Gasteiger partial charge in [0.1, 0.15) is 0 Å². The van der Waals surface area contributed by atoms with Gasteiger partial charge in [-0.1, -0.05) is 46.6 Å². The van der Waals surface area contributed by atoms with Gasteiger partial charge in [-0.05, 0) is 30.0 Å². The highest BCUT2D eigenvalue weighted by atomic mass is 79.9. The summed E-state index contributed by atoms with van der Waals surface area (Å²) in [5.74, 6) is 0.613. The van der Waals surface area contributed by atoms with E-state index in [1.165, 1.54) is 12.0 Å². The van der Waals surface area contributed by atoms with E-state index in [0.29, 0.717) is 5.92 Å². The molecule has 1 aromatic rings. The molecule has 0 aliphatic carbocycles. The molecule has 12 heavy (non-hydrogen) atoms. The van der Waals surface area contributed by atoms with Gasteiger partial charge in [-0.2, -0.15) is 0 Å². The Morgan fingerprint density at radius 3 is 2.42 bits per heavy atom. The molecule has 0 unspecified atom stereocenters. The highest BCUT2D eigenvalue weighted by Crippen LogP contribution is 2.21. The summed E-state index contributed by atoms with van der Waals surface area (Å²) in [6.45, 7) is 2.23. The third-order valence-corrected chi connectivity index (χ3v) is 2.69. The lowest BCUT2D eigenvalue weighted by molar-refractivity contribution is 0.744. The molecule has 0 saturated carbocycles. The second-order valence-corrected chi connectivity index (χ2v) is 4.16. The Bertz CT molecular complexity index is 230. The second kappa shape index (κ2) is 4.88. The zero-order valence-electron chi connectivity index (χ0n) is 7.06. The van der Waals surface area contributed by atoms with Crippen LogP contribution in [0, 0.1) is 0 Å². The molecule has 66 valence electrons. The molecule has 0 amide bonds. The van der Waals surface area contributed by atoms with E-state index in [4.69, 9.17) is 11.6 Å². The zero-order chi connectivity index (χ0) is 8.97. The first-order valence-electron chi connectivity index (χ1n) is 4.05. The molecule has 0 nitrogen and oxygen atoms in total. The van der Waals surface area contributed by atoms with Crippen molar-refractivity contribution < 1.29 is 0 Å². The smallest absolute Gasteiger partial charge is 0.0406 e. The van der Waals surface area contributed by atoms with E-state index in [0.717, 1.165) is 10.4 Å². The molecule has 1 atom stereocenters. The maximum absolute atomic E-state index is 5.78. The predicted octanol–water partition coefficient (Wildman–Crippen LogP) is 4.23. The van der Waals surface area contributed by atoms with Crippen molar-refractivity contribution in [2.75, 3.05) is 5.33 Å². The molecule has 0 bridgehead atoms. The first-order valence-corrected chi connectivity index (χ1v) is 5.55. The SMILES string of the molecule is C[C@H](CCBr)c1ccc(Cl)cc1. The van der Waals surface area contributed by atoms with Crippen LogP contribution in [0.15, 0.2) is 24.3 Å². The number of alkyl halides is 1. The molecule has 1 aromatic carbocycles. The van der Waals surface area contributed by atoms with Gasteiger partial charge in [0.15, 0.2) is 0 Å².